The monoisotopic (exact) mass is 514 g/mol. The van der Waals surface area contributed by atoms with E-state index in [-0.39, 0.29) is 16.9 Å². The first-order valence-electron chi connectivity index (χ1n) is 12.0. The van der Waals surface area contributed by atoms with Crippen molar-refractivity contribution in [3.63, 3.8) is 0 Å². The summed E-state index contributed by atoms with van der Waals surface area (Å²) in [5, 5.41) is 17.8. The molecular weight excluding hydrogens is 487 g/mol. The van der Waals surface area contributed by atoms with Crippen LogP contribution >= 0.6 is 11.3 Å². The molecule has 6 nitrogen and oxygen atoms in total. The predicted molar refractivity (Wildman–Crippen MR) is 146 cm³/mol. The normalized spacial score (nSPS) is 11.3. The lowest BCUT2D eigenvalue weighted by Gasteiger charge is -2.16. The van der Waals surface area contributed by atoms with Crippen LogP contribution in [0.5, 0.6) is 5.75 Å². The Morgan fingerprint density at radius 1 is 0.973 bits per heavy atom. The largest absolute Gasteiger partial charge is 0.504 e. The minimum absolute atomic E-state index is 0.188. The molecule has 5 rings (SSSR count). The number of hydrogen-bond donors (Lipinski definition) is 2. The second-order valence-electron chi connectivity index (χ2n) is 9.11. The Bertz CT molecular complexity index is 1650. The molecule has 0 aliphatic carbocycles. The lowest BCUT2D eigenvalue weighted by atomic mass is 10.0. The van der Waals surface area contributed by atoms with Crippen molar-refractivity contribution in [3.05, 3.63) is 98.3 Å². The molecule has 0 saturated carbocycles. The van der Waals surface area contributed by atoms with Crippen molar-refractivity contribution in [2.24, 2.45) is 0 Å². The Morgan fingerprint density at radius 2 is 1.73 bits per heavy atom. The summed E-state index contributed by atoms with van der Waals surface area (Å²) < 4.78 is 15.8. The van der Waals surface area contributed by atoms with E-state index in [1.165, 1.54) is 23.5 Å². The van der Waals surface area contributed by atoms with E-state index in [1.807, 2.05) is 57.2 Å². The molecule has 0 aliphatic rings. The lowest BCUT2D eigenvalue weighted by molar-refractivity contribution is 0.433. The van der Waals surface area contributed by atoms with Crippen molar-refractivity contribution in [2.75, 3.05) is 0 Å². The maximum absolute atomic E-state index is 14.3. The van der Waals surface area contributed by atoms with E-state index >= 15 is 0 Å². The molecule has 8 heteroatoms. The number of hydrogen-bond acceptors (Lipinski definition) is 5. The van der Waals surface area contributed by atoms with Crippen LogP contribution in [0.25, 0.3) is 33.0 Å². The highest BCUT2D eigenvalue weighted by molar-refractivity contribution is 7.16. The van der Waals surface area contributed by atoms with E-state index in [9.17, 15) is 14.3 Å². The van der Waals surface area contributed by atoms with Gasteiger partial charge in [-0.25, -0.2) is 9.37 Å². The van der Waals surface area contributed by atoms with Crippen molar-refractivity contribution in [1.29, 1.82) is 0 Å². The van der Waals surface area contributed by atoms with Gasteiger partial charge in [-0.2, -0.15) is 5.10 Å². The average molecular weight is 515 g/mol. The molecular formula is C29H27FN4O2S. The first-order valence-corrected chi connectivity index (χ1v) is 12.8. The number of nitrogens with zero attached hydrogens (tertiary/aromatic N) is 3. The van der Waals surface area contributed by atoms with Gasteiger partial charge in [-0.05, 0) is 63.4 Å². The Balaban J connectivity index is 1.69. The molecule has 37 heavy (non-hydrogen) atoms. The number of phenolic OH excluding ortho intramolecular Hbond substituents is 1. The van der Waals surface area contributed by atoms with E-state index in [1.54, 1.807) is 17.6 Å². The molecule has 2 N–H and O–H groups in total. The fraction of sp³-hybridized carbons (Fsp3) is 0.207. The fourth-order valence-electron chi connectivity index (χ4n) is 4.74. The Morgan fingerprint density at radius 3 is 2.43 bits per heavy atom. The molecule has 0 aliphatic heterocycles. The minimum Gasteiger partial charge on any atom is -0.504 e. The third kappa shape index (κ3) is 4.49. The number of aromatic nitrogens is 4. The number of nitrogens with one attached hydrogen (secondary N) is 1. The highest BCUT2D eigenvalue weighted by Gasteiger charge is 2.23. The summed E-state index contributed by atoms with van der Waals surface area (Å²) in [5.41, 5.74) is 5.99. The number of aromatic amines is 1. The summed E-state index contributed by atoms with van der Waals surface area (Å²) in [6.07, 6.45) is 0.579. The molecule has 3 heterocycles. The summed E-state index contributed by atoms with van der Waals surface area (Å²) in [5.74, 6) is -1.03. The number of H-pyrrole nitrogens is 1. The zero-order valence-corrected chi connectivity index (χ0v) is 21.9. The fourth-order valence-corrected chi connectivity index (χ4v) is 5.86. The number of halogens is 1. The smallest absolute Gasteiger partial charge is 0.262 e. The second kappa shape index (κ2) is 9.78. The van der Waals surface area contributed by atoms with Crippen molar-refractivity contribution in [1.82, 2.24) is 19.7 Å². The number of para-hydroxylation sites is 1. The van der Waals surface area contributed by atoms with Crippen LogP contribution in [0, 0.1) is 33.5 Å². The molecule has 0 amide bonds. The third-order valence-corrected chi connectivity index (χ3v) is 7.67. The number of aryl methyl sites for hydroxylation is 5. The topological polar surface area (TPSA) is 83.8 Å². The zero-order chi connectivity index (χ0) is 26.3. The highest BCUT2D eigenvalue weighted by atomic mass is 32.1. The second-order valence-corrected chi connectivity index (χ2v) is 10.4. The van der Waals surface area contributed by atoms with Crippen LogP contribution in [-0.4, -0.2) is 24.9 Å². The van der Waals surface area contributed by atoms with Crippen LogP contribution in [-0.2, 0) is 13.0 Å². The number of benzene rings is 2. The predicted octanol–water partition coefficient (Wildman–Crippen LogP) is 6.35. The number of thiophene rings is 1. The van der Waals surface area contributed by atoms with Gasteiger partial charge in [-0.3, -0.25) is 14.5 Å². The molecule has 0 saturated heterocycles. The van der Waals surface area contributed by atoms with Crippen molar-refractivity contribution >= 4 is 11.3 Å². The van der Waals surface area contributed by atoms with Crippen molar-refractivity contribution in [3.8, 4) is 38.7 Å². The van der Waals surface area contributed by atoms with Crippen LogP contribution < -0.4 is 5.56 Å². The van der Waals surface area contributed by atoms with Gasteiger partial charge < -0.3 is 5.11 Å². The molecule has 188 valence electrons. The van der Waals surface area contributed by atoms with Crippen molar-refractivity contribution in [2.45, 2.75) is 40.7 Å². The Kier molecular flexibility index (Phi) is 6.52. The quantitative estimate of drug-likeness (QED) is 0.277. The van der Waals surface area contributed by atoms with Gasteiger partial charge in [0.1, 0.15) is 5.82 Å². The van der Waals surface area contributed by atoms with E-state index in [0.717, 1.165) is 37.8 Å². The van der Waals surface area contributed by atoms with Gasteiger partial charge in [-0.15, -0.1) is 11.3 Å². The molecule has 0 spiro atoms. The maximum atomic E-state index is 14.3. The summed E-state index contributed by atoms with van der Waals surface area (Å²) >= 11 is 1.54. The molecule has 5 aromatic rings. The maximum Gasteiger partial charge on any atom is 0.262 e. The average Bonchev–Trinajstić information content (AvgIpc) is 3.40. The molecule has 0 unspecified atom stereocenters. The van der Waals surface area contributed by atoms with Gasteiger partial charge in [0.15, 0.2) is 11.6 Å². The summed E-state index contributed by atoms with van der Waals surface area (Å²) in [6, 6.07) is 16.1. The van der Waals surface area contributed by atoms with Crippen LogP contribution in [0.2, 0.25) is 0 Å². The highest BCUT2D eigenvalue weighted by Crippen LogP contribution is 2.39. The molecule has 0 bridgehead atoms. The van der Waals surface area contributed by atoms with E-state index < -0.39 is 11.6 Å². The minimum atomic E-state index is -0.757. The van der Waals surface area contributed by atoms with Gasteiger partial charge in [0.2, 0.25) is 0 Å². The Labute approximate surface area is 218 Å². The van der Waals surface area contributed by atoms with Gasteiger partial charge >= 0.3 is 0 Å². The number of rotatable bonds is 6. The first kappa shape index (κ1) is 24.6. The molecule has 0 atom stereocenters. The van der Waals surface area contributed by atoms with E-state index in [4.69, 9.17) is 4.98 Å². The molecule has 2 aromatic carbocycles. The van der Waals surface area contributed by atoms with E-state index in [0.29, 0.717) is 24.2 Å². The Hall–Kier alpha value is -4.04. The molecule has 0 fully saturated rings. The molecule has 3 aromatic heterocycles. The zero-order valence-electron chi connectivity index (χ0n) is 21.1. The first-order chi connectivity index (χ1) is 17.8. The summed E-state index contributed by atoms with van der Waals surface area (Å²) in [6.45, 7) is 8.08. The van der Waals surface area contributed by atoms with Gasteiger partial charge in [0.05, 0.1) is 22.5 Å². The van der Waals surface area contributed by atoms with Crippen LogP contribution in [0.3, 0.4) is 0 Å². The van der Waals surface area contributed by atoms with Crippen LogP contribution in [0.15, 0.2) is 59.4 Å². The van der Waals surface area contributed by atoms with Crippen LogP contribution in [0.1, 0.15) is 27.5 Å². The van der Waals surface area contributed by atoms with Gasteiger partial charge in [-0.1, -0.05) is 36.4 Å². The summed E-state index contributed by atoms with van der Waals surface area (Å²) in [7, 11) is 0. The number of phenols is 1. The van der Waals surface area contributed by atoms with Gasteiger partial charge in [0, 0.05) is 27.6 Å². The standard InChI is InChI=1S/C29H27FN4O2S/c1-16-26(24-15-22(19(4)37-24)25-17(2)32-33-18(25)3)29(36)34(14-13-20-9-6-5-7-10-20)28(31-16)21-11-8-12-23(30)27(21)35/h5-12,15,35H,13-14H2,1-4H3,(H,32,33). The van der Waals surface area contributed by atoms with Gasteiger partial charge in [0.25, 0.3) is 5.56 Å². The third-order valence-electron chi connectivity index (χ3n) is 6.61. The number of aromatic hydroxyl groups is 1. The molecule has 0 radical (unpaired) electrons. The SMILES string of the molecule is Cc1n[nH]c(C)c1-c1cc(-c2c(C)nc(-c3cccc(F)c3O)n(CCc3ccccc3)c2=O)sc1C. The van der Waals surface area contributed by atoms with Crippen LogP contribution in [0.4, 0.5) is 4.39 Å². The summed E-state index contributed by atoms with van der Waals surface area (Å²) in [4.78, 5) is 20.7. The van der Waals surface area contributed by atoms with E-state index in [2.05, 4.69) is 10.2 Å². The van der Waals surface area contributed by atoms with Crippen molar-refractivity contribution < 1.29 is 9.50 Å². The lowest BCUT2D eigenvalue weighted by Crippen LogP contribution is -2.27.